The zero-order valence-corrected chi connectivity index (χ0v) is 14.5. The van der Waals surface area contributed by atoms with Gasteiger partial charge in [-0.05, 0) is 74.1 Å². The molecule has 0 radical (unpaired) electrons. The molecule has 118 valence electrons. The van der Waals surface area contributed by atoms with E-state index in [-0.39, 0.29) is 0 Å². The van der Waals surface area contributed by atoms with Crippen molar-refractivity contribution >= 4 is 33.5 Å². The van der Waals surface area contributed by atoms with Crippen LogP contribution in [0.3, 0.4) is 0 Å². The highest BCUT2D eigenvalue weighted by atomic mass is 32.2. The lowest BCUT2D eigenvalue weighted by Gasteiger charge is -2.21. The number of ether oxygens (including phenoxy) is 1. The number of nitrogens with one attached hydrogen (secondary N) is 1. The molecule has 2 aromatic rings. The van der Waals surface area contributed by atoms with Crippen LogP contribution in [0.4, 0.5) is 0 Å². The first kappa shape index (κ1) is 14.8. The maximum absolute atomic E-state index is 5.56. The molecule has 1 aromatic carbocycles. The van der Waals surface area contributed by atoms with Crippen LogP contribution in [0.15, 0.2) is 22.5 Å². The molecule has 1 aromatic heterocycles. The summed E-state index contributed by atoms with van der Waals surface area (Å²) in [7, 11) is 0. The molecule has 1 heterocycles. The van der Waals surface area contributed by atoms with Crippen molar-refractivity contribution in [1.29, 1.82) is 0 Å². The SMILES string of the molecule is CCOc1ccc2nc(SNC[C@@H]3C[C@H]4CC[C@H]3C4)sc2c1. The molecule has 0 saturated heterocycles. The summed E-state index contributed by atoms with van der Waals surface area (Å²) in [6, 6.07) is 6.15. The Hall–Kier alpha value is -0.780. The van der Waals surface area contributed by atoms with Crippen LogP contribution >= 0.6 is 23.3 Å². The van der Waals surface area contributed by atoms with Gasteiger partial charge in [0.15, 0.2) is 4.34 Å². The van der Waals surface area contributed by atoms with E-state index >= 15 is 0 Å². The molecule has 1 N–H and O–H groups in total. The Morgan fingerprint density at radius 1 is 1.36 bits per heavy atom. The molecule has 0 spiro atoms. The molecular formula is C17H22N2OS2. The molecule has 3 nitrogen and oxygen atoms in total. The minimum atomic E-state index is 0.705. The largest absolute Gasteiger partial charge is 0.494 e. The lowest BCUT2D eigenvalue weighted by molar-refractivity contribution is 0.335. The highest BCUT2D eigenvalue weighted by Crippen LogP contribution is 2.48. The van der Waals surface area contributed by atoms with Gasteiger partial charge in [-0.2, -0.15) is 0 Å². The van der Waals surface area contributed by atoms with Crippen LogP contribution in [0.5, 0.6) is 5.75 Å². The first-order valence-electron chi connectivity index (χ1n) is 8.25. The third-order valence-electron chi connectivity index (χ3n) is 5.04. The summed E-state index contributed by atoms with van der Waals surface area (Å²) in [5.74, 6) is 3.85. The van der Waals surface area contributed by atoms with Gasteiger partial charge in [0.05, 0.1) is 16.8 Å². The highest BCUT2D eigenvalue weighted by molar-refractivity contribution is 7.99. The van der Waals surface area contributed by atoms with Crippen LogP contribution in [0.25, 0.3) is 10.2 Å². The molecule has 0 amide bonds. The van der Waals surface area contributed by atoms with Gasteiger partial charge in [-0.15, -0.1) is 11.3 Å². The molecule has 4 rings (SSSR count). The van der Waals surface area contributed by atoms with Gasteiger partial charge in [-0.3, -0.25) is 4.72 Å². The van der Waals surface area contributed by atoms with Crippen molar-refractivity contribution in [3.63, 3.8) is 0 Å². The summed E-state index contributed by atoms with van der Waals surface area (Å²) in [5, 5.41) is 0. The third kappa shape index (κ3) is 2.99. The standard InChI is InChI=1S/C17H22N2OS2/c1-2-20-14-5-6-15-16(9-14)21-17(19-15)22-18-10-13-8-11-3-4-12(13)7-11/h5-6,9,11-13,18H,2-4,7-8,10H2,1H3/t11-,12-,13-/m0/s1. The molecule has 2 aliphatic carbocycles. The Morgan fingerprint density at radius 3 is 3.09 bits per heavy atom. The Morgan fingerprint density at radius 2 is 2.32 bits per heavy atom. The molecule has 22 heavy (non-hydrogen) atoms. The average Bonchev–Trinajstić information content (AvgIpc) is 3.21. The van der Waals surface area contributed by atoms with Gasteiger partial charge in [0, 0.05) is 6.54 Å². The van der Waals surface area contributed by atoms with Crippen LogP contribution < -0.4 is 9.46 Å². The van der Waals surface area contributed by atoms with Crippen LogP contribution in [0.1, 0.15) is 32.6 Å². The number of rotatable bonds is 6. The summed E-state index contributed by atoms with van der Waals surface area (Å²) >= 11 is 3.44. The summed E-state index contributed by atoms with van der Waals surface area (Å²) in [5.41, 5.74) is 1.07. The van der Waals surface area contributed by atoms with Crippen molar-refractivity contribution < 1.29 is 4.74 Å². The quantitative estimate of drug-likeness (QED) is 0.775. The molecule has 2 saturated carbocycles. The van der Waals surface area contributed by atoms with E-state index in [1.807, 2.05) is 13.0 Å². The minimum absolute atomic E-state index is 0.705. The van der Waals surface area contributed by atoms with Gasteiger partial charge in [-0.1, -0.05) is 6.42 Å². The molecule has 3 atom stereocenters. The summed E-state index contributed by atoms with van der Waals surface area (Å²) < 4.78 is 11.4. The van der Waals surface area contributed by atoms with E-state index in [0.717, 1.165) is 39.9 Å². The van der Waals surface area contributed by atoms with Crippen molar-refractivity contribution in [2.45, 2.75) is 36.9 Å². The first-order valence-corrected chi connectivity index (χ1v) is 9.88. The average molecular weight is 335 g/mol. The zero-order chi connectivity index (χ0) is 14.9. The molecule has 5 heteroatoms. The van der Waals surface area contributed by atoms with Gasteiger partial charge in [-0.25, -0.2) is 4.98 Å². The number of aromatic nitrogens is 1. The molecule has 2 fully saturated rings. The smallest absolute Gasteiger partial charge is 0.166 e. The van der Waals surface area contributed by atoms with Gasteiger partial charge in [0.1, 0.15) is 5.75 Å². The van der Waals surface area contributed by atoms with E-state index in [4.69, 9.17) is 4.74 Å². The minimum Gasteiger partial charge on any atom is -0.494 e. The first-order chi connectivity index (χ1) is 10.8. The lowest BCUT2D eigenvalue weighted by Crippen LogP contribution is -2.22. The fourth-order valence-electron chi connectivity index (χ4n) is 4.02. The lowest BCUT2D eigenvalue weighted by atomic mass is 9.89. The second-order valence-corrected chi connectivity index (χ2v) is 8.60. The molecule has 2 aliphatic rings. The number of nitrogens with zero attached hydrogens (tertiary/aromatic N) is 1. The van der Waals surface area contributed by atoms with Crippen molar-refractivity contribution in [2.24, 2.45) is 17.8 Å². The molecular weight excluding hydrogens is 312 g/mol. The van der Waals surface area contributed by atoms with Crippen LogP contribution in [-0.4, -0.2) is 18.1 Å². The Kier molecular flexibility index (Phi) is 4.29. The van der Waals surface area contributed by atoms with E-state index in [9.17, 15) is 0 Å². The van der Waals surface area contributed by atoms with Crippen LogP contribution in [0, 0.1) is 17.8 Å². The predicted molar refractivity (Wildman–Crippen MR) is 93.6 cm³/mol. The maximum Gasteiger partial charge on any atom is 0.166 e. The maximum atomic E-state index is 5.56. The number of benzene rings is 1. The third-order valence-corrected chi connectivity index (χ3v) is 6.93. The van der Waals surface area contributed by atoms with E-state index in [2.05, 4.69) is 21.8 Å². The van der Waals surface area contributed by atoms with Crippen molar-refractivity contribution in [2.75, 3.05) is 13.2 Å². The topological polar surface area (TPSA) is 34.1 Å². The number of fused-ring (bicyclic) bond motifs is 3. The Balaban J connectivity index is 1.35. The predicted octanol–water partition coefficient (Wildman–Crippen LogP) is 4.73. The van der Waals surface area contributed by atoms with Gasteiger partial charge in [0.25, 0.3) is 0 Å². The number of hydrogen-bond donors (Lipinski definition) is 1. The van der Waals surface area contributed by atoms with Crippen molar-refractivity contribution in [3.8, 4) is 5.75 Å². The zero-order valence-electron chi connectivity index (χ0n) is 12.9. The summed E-state index contributed by atoms with van der Waals surface area (Å²) in [6.45, 7) is 3.85. The summed E-state index contributed by atoms with van der Waals surface area (Å²) in [4.78, 5) is 4.69. The van der Waals surface area contributed by atoms with Crippen molar-refractivity contribution in [3.05, 3.63) is 18.2 Å². The fourth-order valence-corrected chi connectivity index (χ4v) is 5.92. The van der Waals surface area contributed by atoms with E-state index in [0.29, 0.717) is 6.61 Å². The van der Waals surface area contributed by atoms with Crippen LogP contribution in [0.2, 0.25) is 0 Å². The number of thiazole rings is 1. The monoisotopic (exact) mass is 334 g/mol. The van der Waals surface area contributed by atoms with Crippen molar-refractivity contribution in [1.82, 2.24) is 9.71 Å². The summed E-state index contributed by atoms with van der Waals surface area (Å²) in [6.07, 6.45) is 5.87. The van der Waals surface area contributed by atoms with E-state index < -0.39 is 0 Å². The molecule has 2 bridgehead atoms. The second-order valence-electron chi connectivity index (χ2n) is 6.43. The van der Waals surface area contributed by atoms with Gasteiger partial charge in [0.2, 0.25) is 0 Å². The molecule has 0 unspecified atom stereocenters. The highest BCUT2D eigenvalue weighted by Gasteiger charge is 2.38. The normalized spacial score (nSPS) is 26.9. The Bertz CT molecular complexity index is 657. The molecule has 0 aliphatic heterocycles. The van der Waals surface area contributed by atoms with Crippen LogP contribution in [-0.2, 0) is 0 Å². The van der Waals surface area contributed by atoms with E-state index in [1.165, 1.54) is 30.4 Å². The second kappa shape index (κ2) is 6.38. The van der Waals surface area contributed by atoms with Gasteiger partial charge < -0.3 is 4.74 Å². The Labute approximate surface area is 140 Å². The number of hydrogen-bond acceptors (Lipinski definition) is 5. The van der Waals surface area contributed by atoms with Gasteiger partial charge >= 0.3 is 0 Å². The van der Waals surface area contributed by atoms with E-state index in [1.54, 1.807) is 23.3 Å². The fraction of sp³-hybridized carbons (Fsp3) is 0.588.